The summed E-state index contributed by atoms with van der Waals surface area (Å²) in [7, 11) is 1.62. The molecule has 0 saturated carbocycles. The van der Waals surface area contributed by atoms with Gasteiger partial charge in [0.05, 0.1) is 30.9 Å². The molecule has 0 aliphatic carbocycles. The highest BCUT2D eigenvalue weighted by atomic mass is 16.5. The Labute approximate surface area is 184 Å². The predicted octanol–water partition coefficient (Wildman–Crippen LogP) is 3.41. The first-order chi connectivity index (χ1) is 15.2. The molecule has 1 aliphatic heterocycles. The standard InChI is InChI=1S/C25H32N4O2/c1-3-17-4-6-18(7-5-17)15-28-20-8-10-23(31-16-20)21(26)14-19-12-13-27-22-9-11-24(30-2)29-25(19)22/h4-7,9,11-13,20-21,23,28H,3,8,10,14-16,26H2,1-2H3/t20-,21+,23+/m1/s1. The number of fused-ring (bicyclic) bond motifs is 1. The van der Waals surface area contributed by atoms with Crippen molar-refractivity contribution in [3.05, 3.63) is 65.4 Å². The minimum atomic E-state index is -0.0823. The highest BCUT2D eigenvalue weighted by Gasteiger charge is 2.27. The lowest BCUT2D eigenvalue weighted by Crippen LogP contribution is -2.46. The van der Waals surface area contributed by atoms with Crippen LogP contribution >= 0.6 is 0 Å². The Morgan fingerprint density at radius 3 is 2.65 bits per heavy atom. The van der Waals surface area contributed by atoms with Gasteiger partial charge in [-0.15, -0.1) is 0 Å². The minimum absolute atomic E-state index is 0.0516. The molecule has 3 aromatic rings. The summed E-state index contributed by atoms with van der Waals surface area (Å²) in [5.41, 5.74) is 12.0. The van der Waals surface area contributed by atoms with E-state index in [0.717, 1.165) is 42.4 Å². The average molecular weight is 421 g/mol. The first kappa shape index (κ1) is 21.7. The summed E-state index contributed by atoms with van der Waals surface area (Å²) < 4.78 is 11.4. The van der Waals surface area contributed by atoms with E-state index in [4.69, 9.17) is 15.2 Å². The van der Waals surface area contributed by atoms with Crippen molar-refractivity contribution in [3.8, 4) is 5.88 Å². The van der Waals surface area contributed by atoms with Crippen LogP contribution in [0.25, 0.3) is 11.0 Å². The fraction of sp³-hybridized carbons (Fsp3) is 0.440. The van der Waals surface area contributed by atoms with Crippen molar-refractivity contribution in [2.24, 2.45) is 5.73 Å². The minimum Gasteiger partial charge on any atom is -0.481 e. The number of nitrogens with zero attached hydrogens (tertiary/aromatic N) is 2. The van der Waals surface area contributed by atoms with Crippen LogP contribution in [0.3, 0.4) is 0 Å². The summed E-state index contributed by atoms with van der Waals surface area (Å²) in [6.07, 6.45) is 5.65. The zero-order valence-corrected chi connectivity index (χ0v) is 18.4. The molecule has 3 atom stereocenters. The maximum atomic E-state index is 6.55. The molecule has 0 unspecified atom stereocenters. The summed E-state index contributed by atoms with van der Waals surface area (Å²) >= 11 is 0. The van der Waals surface area contributed by atoms with Crippen molar-refractivity contribution in [1.82, 2.24) is 15.3 Å². The topological polar surface area (TPSA) is 82.3 Å². The van der Waals surface area contributed by atoms with E-state index in [2.05, 4.69) is 46.5 Å². The zero-order valence-electron chi connectivity index (χ0n) is 18.4. The van der Waals surface area contributed by atoms with Gasteiger partial charge in [-0.05, 0) is 54.5 Å². The number of methoxy groups -OCH3 is 1. The van der Waals surface area contributed by atoms with Crippen molar-refractivity contribution in [2.45, 2.75) is 57.3 Å². The monoisotopic (exact) mass is 420 g/mol. The van der Waals surface area contributed by atoms with Gasteiger partial charge in [0.1, 0.15) is 0 Å². The molecule has 6 heteroatoms. The van der Waals surface area contributed by atoms with Crippen LogP contribution in [-0.2, 0) is 24.1 Å². The van der Waals surface area contributed by atoms with E-state index in [1.807, 2.05) is 24.4 Å². The van der Waals surface area contributed by atoms with Gasteiger partial charge in [0.2, 0.25) is 5.88 Å². The molecule has 2 aromatic heterocycles. The molecular weight excluding hydrogens is 388 g/mol. The van der Waals surface area contributed by atoms with E-state index in [1.54, 1.807) is 7.11 Å². The SMILES string of the molecule is CCc1ccc(CN[C@@H]2CC[C@@H]([C@@H](N)Cc3ccnc4ccc(OC)nc34)OC2)cc1. The van der Waals surface area contributed by atoms with Gasteiger partial charge in [0, 0.05) is 30.9 Å². The Morgan fingerprint density at radius 1 is 1.13 bits per heavy atom. The molecule has 0 amide bonds. The van der Waals surface area contributed by atoms with Gasteiger partial charge >= 0.3 is 0 Å². The molecule has 1 aliphatic rings. The molecule has 4 rings (SSSR count). The van der Waals surface area contributed by atoms with Crippen LogP contribution in [0, 0.1) is 0 Å². The summed E-state index contributed by atoms with van der Waals surface area (Å²) in [5, 5.41) is 3.62. The third kappa shape index (κ3) is 5.39. The number of hydrogen-bond acceptors (Lipinski definition) is 6. The largest absolute Gasteiger partial charge is 0.481 e. The molecule has 1 saturated heterocycles. The van der Waals surface area contributed by atoms with Crippen LogP contribution in [-0.4, -0.2) is 41.9 Å². The van der Waals surface area contributed by atoms with E-state index in [9.17, 15) is 0 Å². The second-order valence-corrected chi connectivity index (χ2v) is 8.26. The first-order valence-electron chi connectivity index (χ1n) is 11.1. The molecule has 31 heavy (non-hydrogen) atoms. The van der Waals surface area contributed by atoms with Gasteiger partial charge in [-0.3, -0.25) is 4.98 Å². The molecule has 3 heterocycles. The number of aryl methyl sites for hydroxylation is 1. The van der Waals surface area contributed by atoms with Gasteiger partial charge in [-0.25, -0.2) is 4.98 Å². The van der Waals surface area contributed by atoms with Crippen LogP contribution < -0.4 is 15.8 Å². The smallest absolute Gasteiger partial charge is 0.213 e. The third-order valence-corrected chi connectivity index (χ3v) is 6.12. The maximum absolute atomic E-state index is 6.55. The number of aromatic nitrogens is 2. The van der Waals surface area contributed by atoms with E-state index in [0.29, 0.717) is 24.9 Å². The van der Waals surface area contributed by atoms with Crippen LogP contribution in [0.4, 0.5) is 0 Å². The number of pyridine rings is 2. The van der Waals surface area contributed by atoms with Gasteiger partial charge < -0.3 is 20.5 Å². The van der Waals surface area contributed by atoms with Gasteiger partial charge in [-0.2, -0.15) is 0 Å². The quantitative estimate of drug-likeness (QED) is 0.581. The lowest BCUT2D eigenvalue weighted by molar-refractivity contribution is -0.0166. The van der Waals surface area contributed by atoms with E-state index < -0.39 is 0 Å². The summed E-state index contributed by atoms with van der Waals surface area (Å²) in [4.78, 5) is 8.98. The van der Waals surface area contributed by atoms with Crippen LogP contribution in [0.2, 0.25) is 0 Å². The van der Waals surface area contributed by atoms with E-state index >= 15 is 0 Å². The van der Waals surface area contributed by atoms with Gasteiger partial charge in [0.25, 0.3) is 0 Å². The summed E-state index contributed by atoms with van der Waals surface area (Å²) in [5.74, 6) is 0.586. The summed E-state index contributed by atoms with van der Waals surface area (Å²) in [6.45, 7) is 3.73. The number of hydrogen-bond donors (Lipinski definition) is 2. The molecule has 0 radical (unpaired) electrons. The Morgan fingerprint density at radius 2 is 1.94 bits per heavy atom. The van der Waals surface area contributed by atoms with Crippen molar-refractivity contribution < 1.29 is 9.47 Å². The average Bonchev–Trinajstić information content (AvgIpc) is 2.83. The van der Waals surface area contributed by atoms with E-state index in [-0.39, 0.29) is 12.1 Å². The third-order valence-electron chi connectivity index (χ3n) is 6.12. The molecule has 6 nitrogen and oxygen atoms in total. The predicted molar refractivity (Wildman–Crippen MR) is 123 cm³/mol. The second kappa shape index (κ2) is 10.2. The van der Waals surface area contributed by atoms with Crippen molar-refractivity contribution in [3.63, 3.8) is 0 Å². The lowest BCUT2D eigenvalue weighted by atomic mass is 9.95. The zero-order chi connectivity index (χ0) is 21.6. The number of nitrogens with one attached hydrogen (secondary N) is 1. The second-order valence-electron chi connectivity index (χ2n) is 8.26. The summed E-state index contributed by atoms with van der Waals surface area (Å²) in [6, 6.07) is 14.8. The number of ether oxygens (including phenoxy) is 2. The molecule has 1 aromatic carbocycles. The maximum Gasteiger partial charge on any atom is 0.213 e. The Balaban J connectivity index is 1.30. The molecule has 164 valence electrons. The Hall–Kier alpha value is -2.54. The molecule has 0 spiro atoms. The normalized spacial score (nSPS) is 20.0. The molecule has 0 bridgehead atoms. The fourth-order valence-electron chi connectivity index (χ4n) is 4.15. The van der Waals surface area contributed by atoms with E-state index in [1.165, 1.54) is 11.1 Å². The van der Waals surface area contributed by atoms with Crippen molar-refractivity contribution in [2.75, 3.05) is 13.7 Å². The highest BCUT2D eigenvalue weighted by molar-refractivity contribution is 5.78. The Kier molecular flexibility index (Phi) is 7.12. The molecule has 3 N–H and O–H groups in total. The van der Waals surface area contributed by atoms with Crippen molar-refractivity contribution in [1.29, 1.82) is 0 Å². The number of nitrogens with two attached hydrogens (primary N) is 1. The molecule has 1 fully saturated rings. The highest BCUT2D eigenvalue weighted by Crippen LogP contribution is 2.23. The van der Waals surface area contributed by atoms with Gasteiger partial charge in [-0.1, -0.05) is 31.2 Å². The van der Waals surface area contributed by atoms with Crippen LogP contribution in [0.1, 0.15) is 36.5 Å². The molecular formula is C25H32N4O2. The van der Waals surface area contributed by atoms with Crippen LogP contribution in [0.5, 0.6) is 5.88 Å². The first-order valence-corrected chi connectivity index (χ1v) is 11.1. The lowest BCUT2D eigenvalue weighted by Gasteiger charge is -2.33. The van der Waals surface area contributed by atoms with Gasteiger partial charge in [0.15, 0.2) is 0 Å². The number of rotatable bonds is 8. The van der Waals surface area contributed by atoms with Crippen LogP contribution in [0.15, 0.2) is 48.7 Å². The number of benzene rings is 1. The van der Waals surface area contributed by atoms with Crippen molar-refractivity contribution >= 4 is 11.0 Å². The Bertz CT molecular complexity index is 984. The fourth-order valence-corrected chi connectivity index (χ4v) is 4.15.